The van der Waals surface area contributed by atoms with Crippen molar-refractivity contribution in [1.29, 1.82) is 0 Å². The standard InChI is InChI=1S/C11H14N2O5/c1-11(18,6-14)5-13-9(15)8-7(10(16)17)3-2-4-12-8/h2-4,14,18H,5-6H2,1H3,(H,13,15)(H,16,17). The number of amides is 1. The second-order valence-electron chi connectivity index (χ2n) is 4.04. The minimum absolute atomic E-state index is 0.210. The second kappa shape index (κ2) is 5.56. The highest BCUT2D eigenvalue weighted by atomic mass is 16.4. The average Bonchev–Trinajstić information content (AvgIpc) is 2.36. The summed E-state index contributed by atoms with van der Waals surface area (Å²) in [6, 6.07) is 2.67. The molecule has 0 aliphatic carbocycles. The van der Waals surface area contributed by atoms with Crippen LogP contribution in [0.1, 0.15) is 27.8 Å². The van der Waals surface area contributed by atoms with Crippen molar-refractivity contribution in [3.63, 3.8) is 0 Å². The molecular weight excluding hydrogens is 240 g/mol. The van der Waals surface area contributed by atoms with Crippen LogP contribution in [0.2, 0.25) is 0 Å². The number of aliphatic hydroxyl groups is 2. The summed E-state index contributed by atoms with van der Waals surface area (Å²) in [5.74, 6) is -1.98. The predicted octanol–water partition coefficient (Wildman–Crippen LogP) is -0.747. The van der Waals surface area contributed by atoms with Gasteiger partial charge in [0.2, 0.25) is 0 Å². The highest BCUT2D eigenvalue weighted by molar-refractivity contribution is 6.03. The van der Waals surface area contributed by atoms with Gasteiger partial charge < -0.3 is 20.6 Å². The van der Waals surface area contributed by atoms with Gasteiger partial charge in [-0.2, -0.15) is 0 Å². The van der Waals surface area contributed by atoms with E-state index < -0.39 is 24.1 Å². The molecule has 1 unspecified atom stereocenters. The van der Waals surface area contributed by atoms with Crippen LogP contribution >= 0.6 is 0 Å². The fraction of sp³-hybridized carbons (Fsp3) is 0.364. The number of rotatable bonds is 5. The Hall–Kier alpha value is -1.99. The van der Waals surface area contributed by atoms with Crippen LogP contribution in [-0.2, 0) is 0 Å². The average molecular weight is 254 g/mol. The third-order valence-electron chi connectivity index (χ3n) is 2.22. The van der Waals surface area contributed by atoms with E-state index in [-0.39, 0.29) is 17.8 Å². The molecule has 0 saturated heterocycles. The first kappa shape index (κ1) is 14.1. The maximum Gasteiger partial charge on any atom is 0.338 e. The van der Waals surface area contributed by atoms with E-state index in [4.69, 9.17) is 10.2 Å². The number of hydrogen-bond donors (Lipinski definition) is 4. The third kappa shape index (κ3) is 3.51. The summed E-state index contributed by atoms with van der Waals surface area (Å²) in [6.07, 6.45) is 1.30. The first-order valence-corrected chi connectivity index (χ1v) is 5.17. The van der Waals surface area contributed by atoms with Crippen LogP contribution in [0.4, 0.5) is 0 Å². The molecule has 0 aliphatic heterocycles. The normalized spacial score (nSPS) is 13.7. The number of carbonyl (C=O) groups is 2. The van der Waals surface area contributed by atoms with Gasteiger partial charge >= 0.3 is 5.97 Å². The van der Waals surface area contributed by atoms with Crippen LogP contribution in [0.3, 0.4) is 0 Å². The molecule has 1 aromatic rings. The van der Waals surface area contributed by atoms with Gasteiger partial charge in [-0.25, -0.2) is 4.79 Å². The fourth-order valence-electron chi connectivity index (χ4n) is 1.17. The third-order valence-corrected chi connectivity index (χ3v) is 2.22. The molecule has 1 aromatic heterocycles. The molecule has 0 aliphatic rings. The molecule has 1 rings (SSSR count). The van der Waals surface area contributed by atoms with E-state index in [1.807, 2.05) is 0 Å². The molecule has 0 bridgehead atoms. The Morgan fingerprint density at radius 3 is 2.72 bits per heavy atom. The van der Waals surface area contributed by atoms with Gasteiger partial charge in [0.1, 0.15) is 11.3 Å². The van der Waals surface area contributed by atoms with Gasteiger partial charge in [-0.15, -0.1) is 0 Å². The lowest BCUT2D eigenvalue weighted by Gasteiger charge is -2.20. The van der Waals surface area contributed by atoms with E-state index in [1.165, 1.54) is 25.3 Å². The highest BCUT2D eigenvalue weighted by Gasteiger charge is 2.22. The zero-order valence-corrected chi connectivity index (χ0v) is 9.75. The van der Waals surface area contributed by atoms with Gasteiger partial charge in [0.25, 0.3) is 5.91 Å². The van der Waals surface area contributed by atoms with Crippen molar-refractivity contribution in [1.82, 2.24) is 10.3 Å². The van der Waals surface area contributed by atoms with Gasteiger partial charge in [0, 0.05) is 12.7 Å². The zero-order chi connectivity index (χ0) is 13.8. The van der Waals surface area contributed by atoms with Crippen molar-refractivity contribution in [2.24, 2.45) is 0 Å². The van der Waals surface area contributed by atoms with Crippen LogP contribution in [0.5, 0.6) is 0 Å². The van der Waals surface area contributed by atoms with Gasteiger partial charge in [0.15, 0.2) is 0 Å². The van der Waals surface area contributed by atoms with Gasteiger partial charge in [0.05, 0.1) is 12.2 Å². The Kier molecular flexibility index (Phi) is 4.35. The summed E-state index contributed by atoms with van der Waals surface area (Å²) in [6.45, 7) is 0.600. The topological polar surface area (TPSA) is 120 Å². The Morgan fingerprint density at radius 1 is 1.50 bits per heavy atom. The Labute approximate surface area is 103 Å². The monoisotopic (exact) mass is 254 g/mol. The van der Waals surface area contributed by atoms with Crippen molar-refractivity contribution >= 4 is 11.9 Å². The number of aliphatic hydroxyl groups excluding tert-OH is 1. The number of aromatic carboxylic acids is 1. The zero-order valence-electron chi connectivity index (χ0n) is 9.75. The SMILES string of the molecule is CC(O)(CO)CNC(=O)c1ncccc1C(=O)O. The molecule has 18 heavy (non-hydrogen) atoms. The lowest BCUT2D eigenvalue weighted by molar-refractivity contribution is 0.00315. The fourth-order valence-corrected chi connectivity index (χ4v) is 1.17. The molecule has 4 N–H and O–H groups in total. The van der Waals surface area contributed by atoms with Gasteiger partial charge in [-0.3, -0.25) is 9.78 Å². The molecule has 1 atom stereocenters. The Balaban J connectivity index is 2.82. The van der Waals surface area contributed by atoms with E-state index in [9.17, 15) is 14.7 Å². The summed E-state index contributed by atoms with van der Waals surface area (Å²) in [4.78, 5) is 26.3. The number of carbonyl (C=O) groups excluding carboxylic acids is 1. The molecule has 98 valence electrons. The molecule has 1 amide bonds. The number of carboxylic acid groups (broad SMARTS) is 1. The van der Waals surface area contributed by atoms with E-state index in [0.29, 0.717) is 0 Å². The van der Waals surface area contributed by atoms with Crippen LogP contribution in [0.15, 0.2) is 18.3 Å². The van der Waals surface area contributed by atoms with Crippen molar-refractivity contribution < 1.29 is 24.9 Å². The molecule has 1 heterocycles. The molecule has 0 radical (unpaired) electrons. The van der Waals surface area contributed by atoms with Crippen LogP contribution in [0, 0.1) is 0 Å². The van der Waals surface area contributed by atoms with Crippen LogP contribution < -0.4 is 5.32 Å². The molecule has 0 aromatic carbocycles. The quantitative estimate of drug-likeness (QED) is 0.549. The molecule has 0 saturated carbocycles. The predicted molar refractivity (Wildman–Crippen MR) is 61.2 cm³/mol. The van der Waals surface area contributed by atoms with E-state index >= 15 is 0 Å². The molecule has 7 heteroatoms. The number of pyridine rings is 1. The number of carboxylic acids is 1. The van der Waals surface area contributed by atoms with Crippen molar-refractivity contribution in [3.05, 3.63) is 29.6 Å². The highest BCUT2D eigenvalue weighted by Crippen LogP contribution is 2.06. The summed E-state index contributed by atoms with van der Waals surface area (Å²) < 4.78 is 0. The molecule has 0 fully saturated rings. The summed E-state index contributed by atoms with van der Waals surface area (Å²) in [7, 11) is 0. The summed E-state index contributed by atoms with van der Waals surface area (Å²) in [5.41, 5.74) is -1.93. The number of aromatic nitrogens is 1. The Morgan fingerprint density at radius 2 is 2.17 bits per heavy atom. The number of nitrogens with zero attached hydrogens (tertiary/aromatic N) is 1. The van der Waals surface area contributed by atoms with Crippen molar-refractivity contribution in [3.8, 4) is 0 Å². The van der Waals surface area contributed by atoms with Crippen molar-refractivity contribution in [2.75, 3.05) is 13.2 Å². The maximum absolute atomic E-state index is 11.7. The first-order chi connectivity index (χ1) is 8.37. The molecule has 7 nitrogen and oxygen atoms in total. The maximum atomic E-state index is 11.7. The van der Waals surface area contributed by atoms with Crippen LogP contribution in [-0.4, -0.2) is 50.9 Å². The van der Waals surface area contributed by atoms with Gasteiger partial charge in [-0.05, 0) is 19.1 Å². The van der Waals surface area contributed by atoms with Crippen LogP contribution in [0.25, 0.3) is 0 Å². The lowest BCUT2D eigenvalue weighted by atomic mass is 10.1. The molecule has 0 spiro atoms. The number of nitrogens with one attached hydrogen (secondary N) is 1. The van der Waals surface area contributed by atoms with E-state index in [1.54, 1.807) is 0 Å². The van der Waals surface area contributed by atoms with Gasteiger partial charge in [-0.1, -0.05) is 0 Å². The number of hydrogen-bond acceptors (Lipinski definition) is 5. The minimum Gasteiger partial charge on any atom is -0.478 e. The molecular formula is C11H14N2O5. The first-order valence-electron chi connectivity index (χ1n) is 5.17. The lowest BCUT2D eigenvalue weighted by Crippen LogP contribution is -2.43. The largest absolute Gasteiger partial charge is 0.478 e. The summed E-state index contributed by atoms with van der Waals surface area (Å²) in [5, 5.41) is 29.5. The van der Waals surface area contributed by atoms with E-state index in [2.05, 4.69) is 10.3 Å². The minimum atomic E-state index is -1.46. The Bertz CT molecular complexity index is 459. The van der Waals surface area contributed by atoms with E-state index in [0.717, 1.165) is 0 Å². The van der Waals surface area contributed by atoms with Crippen molar-refractivity contribution in [2.45, 2.75) is 12.5 Å². The summed E-state index contributed by atoms with van der Waals surface area (Å²) >= 11 is 0. The second-order valence-corrected chi connectivity index (χ2v) is 4.04. The smallest absolute Gasteiger partial charge is 0.338 e.